The minimum atomic E-state index is -4.61. The number of rotatable bonds is 4. The molecule has 0 aliphatic carbocycles. The molecule has 0 aromatic heterocycles. The van der Waals surface area contributed by atoms with Crippen molar-refractivity contribution in [1.82, 2.24) is 0 Å². The van der Waals surface area contributed by atoms with Crippen molar-refractivity contribution in [2.75, 3.05) is 10.6 Å². The molecule has 0 saturated carbocycles. The van der Waals surface area contributed by atoms with Gasteiger partial charge in [0.15, 0.2) is 23.1 Å². The van der Waals surface area contributed by atoms with Crippen molar-refractivity contribution in [3.63, 3.8) is 0 Å². The maximum Gasteiger partial charge on any atom is 0.294 e. The van der Waals surface area contributed by atoms with Crippen molar-refractivity contribution in [3.8, 4) is 11.5 Å². The largest absolute Gasteiger partial charge is 0.483 e. The van der Waals surface area contributed by atoms with E-state index >= 15 is 0 Å². The molecule has 37 heavy (non-hydrogen) atoms. The van der Waals surface area contributed by atoms with Crippen LogP contribution >= 0.6 is 0 Å². The van der Waals surface area contributed by atoms with E-state index in [2.05, 4.69) is 10.6 Å². The van der Waals surface area contributed by atoms with Crippen molar-refractivity contribution < 1.29 is 40.0 Å². The van der Waals surface area contributed by atoms with Crippen LogP contribution in [0.3, 0.4) is 0 Å². The van der Waals surface area contributed by atoms with E-state index < -0.39 is 56.5 Å². The van der Waals surface area contributed by atoms with Crippen LogP contribution in [0.4, 0.5) is 28.9 Å². The summed E-state index contributed by atoms with van der Waals surface area (Å²) in [5.41, 5.74) is 1.24. The van der Waals surface area contributed by atoms with Crippen LogP contribution in [0.1, 0.15) is 31.1 Å². The van der Waals surface area contributed by atoms with Gasteiger partial charge in [0, 0.05) is 6.42 Å². The number of hydrogen-bond acceptors (Lipinski definition) is 6. The molecule has 0 saturated heterocycles. The Morgan fingerprint density at radius 2 is 1.41 bits per heavy atom. The van der Waals surface area contributed by atoms with Gasteiger partial charge in [-0.3, -0.25) is 4.55 Å². The fourth-order valence-corrected chi connectivity index (χ4v) is 5.13. The molecule has 0 amide bonds. The van der Waals surface area contributed by atoms with Crippen LogP contribution in [0.5, 0.6) is 11.5 Å². The molecule has 3 aromatic rings. The molecule has 0 bridgehead atoms. The summed E-state index contributed by atoms with van der Waals surface area (Å²) in [4.78, 5) is -0.429. The summed E-state index contributed by atoms with van der Waals surface area (Å²) < 4.78 is 102. The van der Waals surface area contributed by atoms with Crippen molar-refractivity contribution in [1.29, 1.82) is 0 Å². The van der Waals surface area contributed by atoms with Gasteiger partial charge in [0.05, 0.1) is 28.4 Å². The SMILES string of the molecule is C[C@@H]1Nc2ccc(F)c(F)c2OC1Cc1ccc(S(=O)(=O)O)cc1C1Oc2c(ccc(F)c2F)N[C@H]1C. The second-order valence-electron chi connectivity index (χ2n) is 9.08. The average molecular weight is 539 g/mol. The van der Waals surface area contributed by atoms with Crippen LogP contribution in [0.2, 0.25) is 0 Å². The number of hydrogen-bond donors (Lipinski definition) is 3. The smallest absolute Gasteiger partial charge is 0.294 e. The molecule has 5 rings (SSSR count). The molecular weight excluding hydrogens is 516 g/mol. The van der Waals surface area contributed by atoms with E-state index in [1.54, 1.807) is 13.8 Å². The summed E-state index contributed by atoms with van der Waals surface area (Å²) in [6.45, 7) is 3.48. The first-order valence-corrected chi connectivity index (χ1v) is 12.8. The lowest BCUT2D eigenvalue weighted by molar-refractivity contribution is 0.155. The third-order valence-electron chi connectivity index (χ3n) is 6.53. The average Bonchev–Trinajstić information content (AvgIpc) is 2.84. The lowest BCUT2D eigenvalue weighted by Gasteiger charge is -2.36. The third-order valence-corrected chi connectivity index (χ3v) is 7.38. The third kappa shape index (κ3) is 4.55. The summed E-state index contributed by atoms with van der Waals surface area (Å²) >= 11 is 0. The Morgan fingerprint density at radius 3 is 2.00 bits per heavy atom. The van der Waals surface area contributed by atoms with Gasteiger partial charge in [-0.25, -0.2) is 8.78 Å². The van der Waals surface area contributed by atoms with Crippen molar-refractivity contribution in [2.45, 2.75) is 49.5 Å². The molecule has 0 radical (unpaired) electrons. The fraction of sp³-hybridized carbons (Fsp3) is 0.280. The lowest BCUT2D eigenvalue weighted by Crippen LogP contribution is -2.42. The molecule has 3 aromatic carbocycles. The predicted molar refractivity (Wildman–Crippen MR) is 127 cm³/mol. The molecule has 196 valence electrons. The first kappa shape index (κ1) is 25.2. The van der Waals surface area contributed by atoms with E-state index in [-0.39, 0.29) is 40.9 Å². The quantitative estimate of drug-likeness (QED) is 0.309. The highest BCUT2D eigenvalue weighted by atomic mass is 32.2. The van der Waals surface area contributed by atoms with Crippen LogP contribution in [0, 0.1) is 23.3 Å². The Morgan fingerprint density at radius 1 is 0.838 bits per heavy atom. The van der Waals surface area contributed by atoms with E-state index in [0.717, 1.165) is 12.1 Å². The van der Waals surface area contributed by atoms with Gasteiger partial charge in [-0.2, -0.15) is 17.2 Å². The highest BCUT2D eigenvalue weighted by Crippen LogP contribution is 2.42. The molecule has 2 heterocycles. The molecule has 2 unspecified atom stereocenters. The van der Waals surface area contributed by atoms with Gasteiger partial charge in [-0.1, -0.05) is 6.07 Å². The summed E-state index contributed by atoms with van der Waals surface area (Å²) in [5.74, 6) is -5.21. The minimum absolute atomic E-state index is 0.0791. The first-order valence-electron chi connectivity index (χ1n) is 11.4. The van der Waals surface area contributed by atoms with Crippen molar-refractivity contribution in [3.05, 3.63) is 76.9 Å². The molecule has 4 atom stereocenters. The minimum Gasteiger partial charge on any atom is -0.483 e. The molecule has 0 spiro atoms. The highest BCUT2D eigenvalue weighted by Gasteiger charge is 2.35. The van der Waals surface area contributed by atoms with Gasteiger partial charge in [0.1, 0.15) is 12.2 Å². The van der Waals surface area contributed by atoms with Crippen LogP contribution < -0.4 is 20.1 Å². The number of fused-ring (bicyclic) bond motifs is 2. The topological polar surface area (TPSA) is 96.9 Å². The van der Waals surface area contributed by atoms with Gasteiger partial charge in [-0.05, 0) is 61.4 Å². The molecule has 3 N–H and O–H groups in total. The number of anilines is 2. The number of halogens is 4. The van der Waals surface area contributed by atoms with Crippen LogP contribution in [-0.4, -0.2) is 31.2 Å². The Kier molecular flexibility index (Phi) is 6.19. The van der Waals surface area contributed by atoms with Gasteiger partial charge in [0.2, 0.25) is 11.6 Å². The van der Waals surface area contributed by atoms with Gasteiger partial charge < -0.3 is 20.1 Å². The highest BCUT2D eigenvalue weighted by molar-refractivity contribution is 7.85. The van der Waals surface area contributed by atoms with E-state index in [0.29, 0.717) is 5.56 Å². The molecule has 0 fully saturated rings. The van der Waals surface area contributed by atoms with Crippen molar-refractivity contribution >= 4 is 21.5 Å². The summed E-state index contributed by atoms with van der Waals surface area (Å²) in [6.07, 6.45) is -1.66. The zero-order valence-corrected chi connectivity index (χ0v) is 20.4. The summed E-state index contributed by atoms with van der Waals surface area (Å²) in [5, 5.41) is 6.09. The van der Waals surface area contributed by atoms with Crippen molar-refractivity contribution in [2.24, 2.45) is 0 Å². The Bertz CT molecular complexity index is 1500. The van der Waals surface area contributed by atoms with E-state index in [1.165, 1.54) is 30.3 Å². The maximum absolute atomic E-state index is 14.5. The summed E-state index contributed by atoms with van der Waals surface area (Å²) in [6, 6.07) is 7.51. The lowest BCUT2D eigenvalue weighted by atomic mass is 9.91. The normalized spacial score (nSPS) is 22.6. The van der Waals surface area contributed by atoms with Gasteiger partial charge in [-0.15, -0.1) is 0 Å². The second kappa shape index (κ2) is 9.10. The first-order chi connectivity index (χ1) is 17.4. The maximum atomic E-state index is 14.5. The zero-order valence-electron chi connectivity index (χ0n) is 19.6. The van der Waals surface area contributed by atoms with Crippen LogP contribution in [0.25, 0.3) is 0 Å². The fourth-order valence-electron chi connectivity index (χ4n) is 4.62. The molecule has 7 nitrogen and oxygen atoms in total. The molecule has 2 aliphatic rings. The Hall–Kier alpha value is -3.51. The molecule has 12 heteroatoms. The zero-order chi connectivity index (χ0) is 26.6. The monoisotopic (exact) mass is 538 g/mol. The van der Waals surface area contributed by atoms with Gasteiger partial charge in [0.25, 0.3) is 10.1 Å². The molecule has 2 aliphatic heterocycles. The summed E-state index contributed by atoms with van der Waals surface area (Å²) in [7, 11) is -4.61. The number of nitrogens with one attached hydrogen (secondary N) is 2. The number of ether oxygens (including phenoxy) is 2. The predicted octanol–water partition coefficient (Wildman–Crippen LogP) is 5.23. The van der Waals surface area contributed by atoms with Crippen LogP contribution in [0.15, 0.2) is 47.4 Å². The molecular formula is C25H22F4N2O5S. The Labute approximate surface area is 210 Å². The second-order valence-corrected chi connectivity index (χ2v) is 10.5. The van der Waals surface area contributed by atoms with E-state index in [9.17, 15) is 30.5 Å². The van der Waals surface area contributed by atoms with Gasteiger partial charge >= 0.3 is 0 Å². The van der Waals surface area contributed by atoms with E-state index in [1.807, 2.05) is 0 Å². The standard InChI is InChI=1S/C25H22F4N2O5S/c1-11-20(35-24-18(30-11)7-5-16(26)21(24)28)9-13-3-4-14(37(32,33)34)10-15(13)23-12(2)31-19-8-6-17(27)22(29)25(19)36-23/h3-8,10-12,20,23,30-31H,9H2,1-2H3,(H,32,33,34)/t11-,12-,20?,23?/m0/s1. The number of benzene rings is 3. The van der Waals surface area contributed by atoms with E-state index in [4.69, 9.17) is 9.47 Å². The van der Waals surface area contributed by atoms with Crippen LogP contribution in [-0.2, 0) is 16.5 Å². The Balaban J connectivity index is 1.55.